The fraction of sp³-hybridized carbons (Fsp3) is 0.308. The summed E-state index contributed by atoms with van der Waals surface area (Å²) in [4.78, 5) is 3.93. The Labute approximate surface area is 107 Å². The van der Waals surface area contributed by atoms with Crippen LogP contribution in [0, 0.1) is 18.6 Å². The Balaban J connectivity index is 2.92. The highest BCUT2D eigenvalue weighted by Gasteiger charge is 2.16. The van der Waals surface area contributed by atoms with Crippen molar-refractivity contribution in [2.24, 2.45) is 4.99 Å². The molecule has 0 radical (unpaired) electrons. The molecule has 0 N–H and O–H groups in total. The van der Waals surface area contributed by atoms with Gasteiger partial charge in [0.1, 0.15) is 0 Å². The van der Waals surface area contributed by atoms with E-state index in [1.54, 1.807) is 6.92 Å². The molecule has 0 aliphatic heterocycles. The van der Waals surface area contributed by atoms with Crippen LogP contribution in [-0.2, 0) is 4.43 Å². The molecule has 1 aromatic rings. The average molecular weight is 269 g/mol. The second kappa shape index (κ2) is 5.43. The summed E-state index contributed by atoms with van der Waals surface area (Å²) in [6, 6.07) is 2.59. The minimum Gasteiger partial charge on any atom is -0.532 e. The third kappa shape index (κ3) is 4.07. The lowest BCUT2D eigenvalue weighted by atomic mass is 10.1. The Morgan fingerprint density at radius 2 is 1.94 bits per heavy atom. The molecule has 0 aliphatic carbocycles. The van der Waals surface area contributed by atoms with Crippen LogP contribution in [-0.4, -0.2) is 14.5 Å². The van der Waals surface area contributed by atoms with Crippen molar-refractivity contribution in [3.05, 3.63) is 47.4 Å². The maximum atomic E-state index is 13.5. The van der Waals surface area contributed by atoms with Crippen LogP contribution in [0.4, 0.5) is 8.78 Å². The number of rotatable bonds is 4. The van der Waals surface area contributed by atoms with E-state index in [1.807, 2.05) is 19.6 Å². The van der Waals surface area contributed by atoms with Crippen LogP contribution in [0.1, 0.15) is 11.1 Å². The van der Waals surface area contributed by atoms with Gasteiger partial charge in [0.05, 0.1) is 0 Å². The summed E-state index contributed by atoms with van der Waals surface area (Å²) in [5, 5.41) is 0. The van der Waals surface area contributed by atoms with Gasteiger partial charge in [-0.1, -0.05) is 6.07 Å². The number of aliphatic imine (C=N–C) groups is 1. The zero-order valence-corrected chi connectivity index (χ0v) is 12.1. The van der Waals surface area contributed by atoms with E-state index < -0.39 is 20.0 Å². The summed E-state index contributed by atoms with van der Waals surface area (Å²) >= 11 is 0. The van der Waals surface area contributed by atoms with Gasteiger partial charge in [0.15, 0.2) is 17.5 Å². The molecule has 0 saturated heterocycles. The summed E-state index contributed by atoms with van der Waals surface area (Å²) in [5.41, 5.74) is 0.730. The van der Waals surface area contributed by atoms with Crippen molar-refractivity contribution in [2.45, 2.75) is 26.6 Å². The first-order valence-corrected chi connectivity index (χ1v) is 8.98. The predicted molar refractivity (Wildman–Crippen MR) is 72.3 cm³/mol. The first kappa shape index (κ1) is 14.6. The van der Waals surface area contributed by atoms with E-state index in [1.165, 1.54) is 12.3 Å². The zero-order valence-electron chi connectivity index (χ0n) is 11.1. The summed E-state index contributed by atoms with van der Waals surface area (Å²) < 4.78 is 32.1. The van der Waals surface area contributed by atoms with Gasteiger partial charge in [-0.25, -0.2) is 13.8 Å². The van der Waals surface area contributed by atoms with Crippen molar-refractivity contribution in [1.29, 1.82) is 0 Å². The highest BCUT2D eigenvalue weighted by Crippen LogP contribution is 2.15. The number of benzene rings is 1. The lowest BCUT2D eigenvalue weighted by molar-refractivity contribution is 0.421. The van der Waals surface area contributed by atoms with E-state index in [2.05, 4.69) is 11.6 Å². The minimum atomic E-state index is -1.78. The first-order chi connectivity index (χ1) is 8.20. The molecule has 0 unspecified atom stereocenters. The van der Waals surface area contributed by atoms with E-state index in [-0.39, 0.29) is 11.4 Å². The Morgan fingerprint density at radius 1 is 1.33 bits per heavy atom. The first-order valence-electron chi connectivity index (χ1n) is 5.57. The summed E-state index contributed by atoms with van der Waals surface area (Å²) in [6.07, 6.45) is 1.25. The van der Waals surface area contributed by atoms with Gasteiger partial charge in [-0.2, -0.15) is 0 Å². The molecular weight excluding hydrogens is 252 g/mol. The molecule has 5 heteroatoms. The van der Waals surface area contributed by atoms with Gasteiger partial charge >= 0.3 is 0 Å². The van der Waals surface area contributed by atoms with E-state index in [0.29, 0.717) is 5.56 Å². The second-order valence-electron chi connectivity index (χ2n) is 4.96. The monoisotopic (exact) mass is 269 g/mol. The molecule has 0 aromatic heterocycles. The Morgan fingerprint density at radius 3 is 2.50 bits per heavy atom. The minimum absolute atomic E-state index is 0.121. The summed E-state index contributed by atoms with van der Waals surface area (Å²) in [6.45, 7) is 11.3. The summed E-state index contributed by atoms with van der Waals surface area (Å²) in [5.74, 6) is -1.57. The van der Waals surface area contributed by atoms with Crippen molar-refractivity contribution >= 4 is 14.5 Å². The topological polar surface area (TPSA) is 21.6 Å². The molecule has 0 atom stereocenters. The molecule has 1 aromatic carbocycles. The van der Waals surface area contributed by atoms with Crippen molar-refractivity contribution in [3.63, 3.8) is 0 Å². The van der Waals surface area contributed by atoms with Crippen LogP contribution in [0.5, 0.6) is 0 Å². The lowest BCUT2D eigenvalue weighted by Crippen LogP contribution is -2.24. The molecule has 0 spiro atoms. The quantitative estimate of drug-likeness (QED) is 0.459. The van der Waals surface area contributed by atoms with E-state index in [9.17, 15) is 8.78 Å². The Hall–Kier alpha value is -1.49. The standard InChI is InChI=1S/C13H17F2NOSi/c1-9-6-7-12(14)13(15)11(9)8-16-10(2)17-18(3,4)5/h6-8H,2H2,1,3-5H3/b16-8+. The number of halogens is 2. The summed E-state index contributed by atoms with van der Waals surface area (Å²) in [7, 11) is -1.78. The van der Waals surface area contributed by atoms with Crippen LogP contribution >= 0.6 is 0 Å². The van der Waals surface area contributed by atoms with Crippen molar-refractivity contribution in [3.8, 4) is 0 Å². The van der Waals surface area contributed by atoms with Crippen LogP contribution in [0.25, 0.3) is 0 Å². The Bertz CT molecular complexity index is 492. The Kier molecular flexibility index (Phi) is 4.40. The predicted octanol–water partition coefficient (Wildman–Crippen LogP) is 4.01. The molecule has 0 fully saturated rings. The largest absolute Gasteiger partial charge is 0.532 e. The van der Waals surface area contributed by atoms with Crippen molar-refractivity contribution in [1.82, 2.24) is 0 Å². The molecule has 0 saturated carbocycles. The molecule has 0 heterocycles. The highest BCUT2D eigenvalue weighted by atomic mass is 28.4. The SMILES string of the molecule is C=C(/N=C/c1c(C)ccc(F)c1F)O[Si](C)(C)C. The molecule has 1 rings (SSSR count). The normalized spacial score (nSPS) is 11.9. The third-order valence-electron chi connectivity index (χ3n) is 2.11. The van der Waals surface area contributed by atoms with Crippen LogP contribution in [0.15, 0.2) is 29.6 Å². The van der Waals surface area contributed by atoms with Gasteiger partial charge in [-0.15, -0.1) is 0 Å². The average Bonchev–Trinajstić information content (AvgIpc) is 2.21. The lowest BCUT2D eigenvalue weighted by Gasteiger charge is -2.18. The van der Waals surface area contributed by atoms with Crippen molar-refractivity contribution in [2.75, 3.05) is 0 Å². The smallest absolute Gasteiger partial charge is 0.244 e. The van der Waals surface area contributed by atoms with Gasteiger partial charge in [0.2, 0.25) is 8.32 Å². The molecule has 0 bridgehead atoms. The van der Waals surface area contributed by atoms with Gasteiger partial charge in [0, 0.05) is 11.8 Å². The maximum absolute atomic E-state index is 13.5. The number of hydrogen-bond donors (Lipinski definition) is 0. The fourth-order valence-corrected chi connectivity index (χ4v) is 2.10. The van der Waals surface area contributed by atoms with E-state index in [4.69, 9.17) is 4.43 Å². The molecular formula is C13H17F2NOSi. The molecule has 2 nitrogen and oxygen atoms in total. The molecule has 98 valence electrons. The van der Waals surface area contributed by atoms with Crippen LogP contribution in [0.2, 0.25) is 19.6 Å². The highest BCUT2D eigenvalue weighted by molar-refractivity contribution is 6.70. The molecule has 0 aliphatic rings. The third-order valence-corrected chi connectivity index (χ3v) is 2.96. The van der Waals surface area contributed by atoms with Gasteiger partial charge in [0.25, 0.3) is 0 Å². The van der Waals surface area contributed by atoms with E-state index in [0.717, 1.165) is 6.07 Å². The second-order valence-corrected chi connectivity index (χ2v) is 9.39. The van der Waals surface area contributed by atoms with Crippen LogP contribution < -0.4 is 0 Å². The number of aryl methyl sites for hydroxylation is 1. The maximum Gasteiger partial charge on any atom is 0.244 e. The van der Waals surface area contributed by atoms with Crippen molar-refractivity contribution < 1.29 is 13.2 Å². The van der Waals surface area contributed by atoms with E-state index >= 15 is 0 Å². The molecule has 0 amide bonds. The van der Waals surface area contributed by atoms with Gasteiger partial charge < -0.3 is 4.43 Å². The molecule has 18 heavy (non-hydrogen) atoms. The fourth-order valence-electron chi connectivity index (χ4n) is 1.34. The van der Waals surface area contributed by atoms with Gasteiger partial charge in [-0.05, 0) is 44.8 Å². The van der Waals surface area contributed by atoms with Crippen LogP contribution in [0.3, 0.4) is 0 Å². The number of nitrogens with zero attached hydrogens (tertiary/aromatic N) is 1. The van der Waals surface area contributed by atoms with Gasteiger partial charge in [-0.3, -0.25) is 0 Å². The zero-order chi connectivity index (χ0) is 13.9. The number of hydrogen-bond acceptors (Lipinski definition) is 2.